The molecule has 0 unspecified atom stereocenters. The van der Waals surface area contributed by atoms with Gasteiger partial charge in [-0.25, -0.2) is 0 Å². The van der Waals surface area contributed by atoms with Gasteiger partial charge in [-0.05, 0) is 12.8 Å². The number of amides is 1. The maximum absolute atomic E-state index is 11.0. The fraction of sp³-hybridized carbons (Fsp3) is 0.714. The molecule has 1 saturated heterocycles. The van der Waals surface area contributed by atoms with Crippen molar-refractivity contribution in [2.75, 3.05) is 12.4 Å². The van der Waals surface area contributed by atoms with E-state index in [1.807, 2.05) is 0 Å². The molecule has 0 spiro atoms. The number of likely N-dealkylation sites (tertiary alicyclic amines) is 1. The van der Waals surface area contributed by atoms with Gasteiger partial charge in [0.15, 0.2) is 0 Å². The summed E-state index contributed by atoms with van der Waals surface area (Å²) in [6, 6.07) is 1.84. The van der Waals surface area contributed by atoms with Crippen LogP contribution in [-0.2, 0) is 4.79 Å². The second kappa shape index (κ2) is 5.23. The van der Waals surface area contributed by atoms with E-state index in [1.165, 1.54) is 0 Å². The molecule has 0 saturated carbocycles. The highest BCUT2D eigenvalue weighted by Gasteiger charge is 2.27. The molecule has 1 aliphatic heterocycles. The van der Waals surface area contributed by atoms with Gasteiger partial charge < -0.3 is 4.90 Å². The zero-order valence-corrected chi connectivity index (χ0v) is 8.07. The molecule has 68 valence electrons. The van der Waals surface area contributed by atoms with Crippen LogP contribution in [-0.4, -0.2) is 29.3 Å². The monoisotopic (exact) mass is 208 g/mol. The Morgan fingerprint density at radius 2 is 2.42 bits per heavy atom. The van der Waals surface area contributed by atoms with E-state index in [1.54, 1.807) is 4.90 Å². The summed E-state index contributed by atoms with van der Waals surface area (Å²) in [5, 5.41) is 8.59. The average Bonchev–Trinajstić information content (AvgIpc) is 2.50. The summed E-state index contributed by atoms with van der Waals surface area (Å²) in [6.45, 7) is 0.684. The van der Waals surface area contributed by atoms with Crippen LogP contribution in [0.1, 0.15) is 12.8 Å². The number of carbonyl (C=O) groups is 1. The normalized spacial score (nSPS) is 21.3. The maximum Gasteiger partial charge on any atom is 0.238 e. The molecule has 0 aromatic rings. The quantitative estimate of drug-likeness (QED) is 0.608. The van der Waals surface area contributed by atoms with E-state index >= 15 is 0 Å². The summed E-state index contributed by atoms with van der Waals surface area (Å²) in [5.41, 5.74) is 0. The van der Waals surface area contributed by atoms with Crippen molar-refractivity contribution in [3.8, 4) is 6.07 Å². The zero-order chi connectivity index (χ0) is 8.27. The van der Waals surface area contributed by atoms with E-state index in [0.29, 0.717) is 6.54 Å². The number of nitriles is 1. The van der Waals surface area contributed by atoms with E-state index in [9.17, 15) is 4.79 Å². The average molecular weight is 209 g/mol. The lowest BCUT2D eigenvalue weighted by Gasteiger charge is -2.17. The first kappa shape index (κ1) is 11.5. The highest BCUT2D eigenvalue weighted by molar-refractivity contribution is 6.27. The van der Waals surface area contributed by atoms with E-state index in [4.69, 9.17) is 16.9 Å². The number of carbonyl (C=O) groups excluding carboxylic acids is 1. The van der Waals surface area contributed by atoms with Gasteiger partial charge in [-0.15, -0.1) is 24.0 Å². The zero-order valence-electron chi connectivity index (χ0n) is 6.49. The molecular formula is C7H10Cl2N2O. The van der Waals surface area contributed by atoms with Crippen molar-refractivity contribution >= 4 is 29.9 Å². The smallest absolute Gasteiger partial charge is 0.238 e. The molecule has 1 heterocycles. The number of alkyl halides is 1. The topological polar surface area (TPSA) is 44.1 Å². The van der Waals surface area contributed by atoms with Crippen LogP contribution in [0, 0.1) is 11.3 Å². The number of hydrogen-bond donors (Lipinski definition) is 0. The summed E-state index contributed by atoms with van der Waals surface area (Å²) < 4.78 is 0. The van der Waals surface area contributed by atoms with Crippen molar-refractivity contribution in [1.29, 1.82) is 5.26 Å². The van der Waals surface area contributed by atoms with E-state index in [0.717, 1.165) is 12.8 Å². The van der Waals surface area contributed by atoms with Gasteiger partial charge in [-0.3, -0.25) is 4.79 Å². The lowest BCUT2D eigenvalue weighted by atomic mass is 10.2. The fourth-order valence-electron chi connectivity index (χ4n) is 1.28. The van der Waals surface area contributed by atoms with Crippen molar-refractivity contribution in [2.45, 2.75) is 18.9 Å². The summed E-state index contributed by atoms with van der Waals surface area (Å²) in [6.07, 6.45) is 1.71. The van der Waals surface area contributed by atoms with Gasteiger partial charge in [0.2, 0.25) is 5.91 Å². The third-order valence-electron chi connectivity index (χ3n) is 1.84. The first-order chi connectivity index (χ1) is 5.29. The van der Waals surface area contributed by atoms with Crippen LogP contribution in [0.5, 0.6) is 0 Å². The molecule has 0 bridgehead atoms. The Morgan fingerprint density at radius 1 is 1.75 bits per heavy atom. The molecule has 5 heteroatoms. The molecule has 0 N–H and O–H groups in total. The van der Waals surface area contributed by atoms with Crippen LogP contribution in [0.25, 0.3) is 0 Å². The van der Waals surface area contributed by atoms with E-state index in [-0.39, 0.29) is 30.2 Å². The summed E-state index contributed by atoms with van der Waals surface area (Å²) in [7, 11) is 0. The second-order valence-electron chi connectivity index (χ2n) is 2.51. The van der Waals surface area contributed by atoms with Gasteiger partial charge in [-0.2, -0.15) is 5.26 Å². The Bertz CT molecular complexity index is 202. The predicted octanol–water partition coefficient (Wildman–Crippen LogP) is 1.16. The number of nitrogens with zero attached hydrogens (tertiary/aromatic N) is 2. The summed E-state index contributed by atoms with van der Waals surface area (Å²) in [4.78, 5) is 12.6. The first-order valence-electron chi connectivity index (χ1n) is 3.54. The second-order valence-corrected chi connectivity index (χ2v) is 2.78. The van der Waals surface area contributed by atoms with Gasteiger partial charge in [-0.1, -0.05) is 0 Å². The Labute approximate surface area is 82.7 Å². The Morgan fingerprint density at radius 3 is 2.92 bits per heavy atom. The molecule has 0 aromatic carbocycles. The van der Waals surface area contributed by atoms with Crippen LogP contribution in [0.3, 0.4) is 0 Å². The fourth-order valence-corrected chi connectivity index (χ4v) is 1.43. The van der Waals surface area contributed by atoms with Crippen LogP contribution >= 0.6 is 24.0 Å². The van der Waals surface area contributed by atoms with E-state index < -0.39 is 0 Å². The maximum atomic E-state index is 11.0. The van der Waals surface area contributed by atoms with Crippen LogP contribution in [0.15, 0.2) is 0 Å². The molecule has 1 fully saturated rings. The number of halogens is 2. The number of rotatable bonds is 1. The van der Waals surface area contributed by atoms with Gasteiger partial charge in [0, 0.05) is 6.54 Å². The SMILES string of the molecule is Cl.N#C[C@@H]1CCCN1C(=O)CCl. The minimum Gasteiger partial charge on any atom is -0.326 e. The van der Waals surface area contributed by atoms with Gasteiger partial charge in [0.25, 0.3) is 0 Å². The van der Waals surface area contributed by atoms with Gasteiger partial charge in [0.05, 0.1) is 6.07 Å². The minimum absolute atomic E-state index is 0. The van der Waals surface area contributed by atoms with Crippen LogP contribution in [0.4, 0.5) is 0 Å². The van der Waals surface area contributed by atoms with Crippen molar-refractivity contribution in [1.82, 2.24) is 4.90 Å². The molecule has 1 atom stereocenters. The van der Waals surface area contributed by atoms with E-state index in [2.05, 4.69) is 6.07 Å². The van der Waals surface area contributed by atoms with Crippen molar-refractivity contribution in [2.24, 2.45) is 0 Å². The number of hydrogen-bond acceptors (Lipinski definition) is 2. The van der Waals surface area contributed by atoms with Gasteiger partial charge in [0.1, 0.15) is 11.9 Å². The van der Waals surface area contributed by atoms with Gasteiger partial charge >= 0.3 is 0 Å². The highest BCUT2D eigenvalue weighted by Crippen LogP contribution is 2.16. The molecule has 12 heavy (non-hydrogen) atoms. The molecule has 0 aromatic heterocycles. The molecule has 1 aliphatic rings. The standard InChI is InChI=1S/C7H9ClN2O.ClH/c8-4-7(11)10-3-1-2-6(10)5-9;/h6H,1-4H2;1H/t6-;/m0./s1. The third-order valence-corrected chi connectivity index (χ3v) is 2.07. The summed E-state index contributed by atoms with van der Waals surface area (Å²) >= 11 is 5.35. The lowest BCUT2D eigenvalue weighted by molar-refractivity contribution is -0.128. The van der Waals surface area contributed by atoms with Crippen molar-refractivity contribution in [3.63, 3.8) is 0 Å². The molecule has 3 nitrogen and oxygen atoms in total. The molecular weight excluding hydrogens is 199 g/mol. The predicted molar refractivity (Wildman–Crippen MR) is 48.3 cm³/mol. The largest absolute Gasteiger partial charge is 0.326 e. The Kier molecular flexibility index (Phi) is 5.03. The van der Waals surface area contributed by atoms with Crippen molar-refractivity contribution < 1.29 is 4.79 Å². The molecule has 0 radical (unpaired) electrons. The molecule has 0 aliphatic carbocycles. The van der Waals surface area contributed by atoms with Crippen molar-refractivity contribution in [3.05, 3.63) is 0 Å². The Hall–Kier alpha value is -0.460. The summed E-state index contributed by atoms with van der Waals surface area (Å²) in [5.74, 6) is -0.145. The molecule has 1 amide bonds. The van der Waals surface area contributed by atoms with Crippen LogP contribution < -0.4 is 0 Å². The highest BCUT2D eigenvalue weighted by atomic mass is 35.5. The Balaban J connectivity index is 0.00000121. The third kappa shape index (κ3) is 2.26. The molecule has 1 rings (SSSR count). The minimum atomic E-state index is -0.235. The first-order valence-corrected chi connectivity index (χ1v) is 4.08. The van der Waals surface area contributed by atoms with Crippen LogP contribution in [0.2, 0.25) is 0 Å². The lowest BCUT2D eigenvalue weighted by Crippen LogP contribution is -2.35.